The first-order valence-corrected chi connectivity index (χ1v) is 33.8. The van der Waals surface area contributed by atoms with Gasteiger partial charge in [-0.1, -0.05) is 42.5 Å². The normalized spacial score (nSPS) is 16.0. The van der Waals surface area contributed by atoms with Crippen molar-refractivity contribution in [1.82, 2.24) is 40.8 Å². The van der Waals surface area contributed by atoms with Gasteiger partial charge in [0.05, 0.1) is 53.5 Å². The number of aromatic amines is 2. The molecule has 34 nitrogen and oxygen atoms in total. The van der Waals surface area contributed by atoms with Gasteiger partial charge in [0.25, 0.3) is 60.7 Å². The van der Waals surface area contributed by atoms with Crippen LogP contribution in [0.25, 0.3) is 22.9 Å². The van der Waals surface area contributed by atoms with E-state index >= 15 is 0 Å². The Morgan fingerprint density at radius 2 is 0.900 bits per heavy atom. The number of hydrogen-bond acceptors (Lipinski definition) is 26. The molecule has 2 aliphatic rings. The highest BCUT2D eigenvalue weighted by molar-refractivity contribution is 7.90. The van der Waals surface area contributed by atoms with Crippen LogP contribution in [0.2, 0.25) is 10.6 Å². The maximum atomic E-state index is 14.5. The quantitative estimate of drug-likeness (QED) is 0.0424. The summed E-state index contributed by atoms with van der Waals surface area (Å²) in [5.74, 6) is -3.08. The van der Waals surface area contributed by atoms with Crippen LogP contribution in [-0.2, 0) is 60.7 Å². The molecule has 8 aromatic rings. The molecule has 14 N–H and O–H groups in total. The predicted molar refractivity (Wildman–Crippen MR) is 318 cm³/mol. The molecule has 0 saturated carbocycles. The number of nitrogens with zero attached hydrogens (tertiary/aromatic N) is 6. The number of H-pyrrole nitrogens is 2. The number of para-hydroxylation sites is 1. The second-order valence-electron chi connectivity index (χ2n) is 18.7. The fourth-order valence-corrected chi connectivity index (χ4v) is 13.4. The van der Waals surface area contributed by atoms with Crippen LogP contribution in [-0.4, -0.2) is 131 Å². The lowest BCUT2D eigenvalue weighted by atomic mass is 9.91. The Morgan fingerprint density at radius 1 is 0.467 bits per heavy atom. The van der Waals surface area contributed by atoms with Gasteiger partial charge in [-0.3, -0.25) is 46.9 Å². The van der Waals surface area contributed by atoms with Crippen LogP contribution >= 0.6 is 23.2 Å². The second-order valence-corrected chi connectivity index (χ2v) is 27.8. The van der Waals surface area contributed by atoms with Gasteiger partial charge in [0, 0.05) is 16.8 Å². The molecule has 0 aliphatic heterocycles. The molecule has 0 spiro atoms. The fraction of sp³-hybridized carbons (Fsp3) is 0.0417. The Hall–Kier alpha value is -8.82. The first-order valence-electron chi connectivity index (χ1n) is 24.4. The molecule has 2 aromatic heterocycles. The minimum Gasteiger partial charge on any atom is -0.324 e. The van der Waals surface area contributed by atoms with Crippen molar-refractivity contribution >= 4 is 164 Å². The lowest BCUT2D eigenvalue weighted by Gasteiger charge is -2.26. The molecule has 0 bridgehead atoms. The van der Waals surface area contributed by atoms with Crippen molar-refractivity contribution in [3.8, 4) is 0 Å². The number of benzene rings is 6. The number of ketones is 2. The van der Waals surface area contributed by atoms with E-state index in [0.717, 1.165) is 18.2 Å². The average molecular weight is 1390 g/mol. The largest absolute Gasteiger partial charge is 0.324 e. The van der Waals surface area contributed by atoms with E-state index in [1.165, 1.54) is 66.7 Å². The molecular formula is C48H36Cl2N14O20S6. The molecule has 2 heterocycles. The molecule has 90 heavy (non-hydrogen) atoms. The molecule has 468 valence electrons. The van der Waals surface area contributed by atoms with Crippen molar-refractivity contribution in [2.45, 2.75) is 31.7 Å². The highest BCUT2D eigenvalue weighted by Crippen LogP contribution is 2.39. The van der Waals surface area contributed by atoms with E-state index < -0.39 is 169 Å². The zero-order valence-corrected chi connectivity index (χ0v) is 50.4. The number of fused-ring (bicyclic) bond motifs is 3. The Labute approximate surface area is 515 Å². The molecule has 0 amide bonds. The number of rotatable bonds is 18. The van der Waals surface area contributed by atoms with E-state index in [4.69, 9.17) is 23.2 Å². The number of carbonyl (C=O) groups excluding carboxylic acids is 2. The van der Waals surface area contributed by atoms with Crippen LogP contribution in [0.15, 0.2) is 149 Å². The van der Waals surface area contributed by atoms with Gasteiger partial charge in [0.2, 0.25) is 33.7 Å². The zero-order chi connectivity index (χ0) is 65.2. The van der Waals surface area contributed by atoms with E-state index in [1.807, 2.05) is 0 Å². The van der Waals surface area contributed by atoms with Crippen LogP contribution in [0.5, 0.6) is 0 Å². The maximum absolute atomic E-state index is 14.5. The van der Waals surface area contributed by atoms with E-state index in [-0.39, 0.29) is 40.0 Å². The third-order valence-electron chi connectivity index (χ3n) is 12.7. The summed E-state index contributed by atoms with van der Waals surface area (Å²) in [5.41, 5.74) is 4.77. The number of hydrazine groups is 2. The molecule has 10 rings (SSSR count). The molecule has 0 saturated heterocycles. The van der Waals surface area contributed by atoms with E-state index in [2.05, 4.69) is 72.2 Å². The lowest BCUT2D eigenvalue weighted by molar-refractivity contribution is 0.0955. The van der Waals surface area contributed by atoms with Gasteiger partial charge in [0.1, 0.15) is 21.9 Å². The van der Waals surface area contributed by atoms with Crippen LogP contribution in [0.4, 0.5) is 46.0 Å². The van der Waals surface area contributed by atoms with E-state index in [9.17, 15) is 87.4 Å². The van der Waals surface area contributed by atoms with E-state index in [1.54, 1.807) is 6.07 Å². The van der Waals surface area contributed by atoms with Crippen molar-refractivity contribution in [1.29, 1.82) is 0 Å². The fourth-order valence-electron chi connectivity index (χ4n) is 9.01. The van der Waals surface area contributed by atoms with Crippen LogP contribution in [0.3, 0.4) is 0 Å². The van der Waals surface area contributed by atoms with Gasteiger partial charge in [-0.25, -0.2) is 20.8 Å². The summed E-state index contributed by atoms with van der Waals surface area (Å²) < 4.78 is 211. The van der Waals surface area contributed by atoms with Gasteiger partial charge in [-0.05, 0) is 119 Å². The number of halogens is 2. The number of anilines is 6. The van der Waals surface area contributed by atoms with Gasteiger partial charge in [-0.2, -0.15) is 70.4 Å². The monoisotopic (exact) mass is 1390 g/mol. The number of nitrogens with one attached hydrogen (secondary N) is 8. The molecular weight excluding hydrogens is 1360 g/mol. The summed E-state index contributed by atoms with van der Waals surface area (Å²) >= 11 is 12.6. The highest BCUT2D eigenvalue weighted by Gasteiger charge is 2.41. The standard InChI is InChI=1S/C48H36Cl2N14O20S6/c49-43-55-45(59-47(57-43)53-31-19-26(85(67,68)69)15-22-17-34(88(76,77)78)38(40(65)36(22)31)63-61-29-7-3-4-8-33(29)87(73,74)75)51-24-10-12-25(13-11-24)52-46-56-44(50)58-48(60-46)54-32-20-27(86(70,71)72)16-23-18-35(89(79,80)81)39(41(66)37(23)32)64-62-30-14-9-21-5-1-2-6-28(21)42(30)90(82,83)84/h1-20,38-39,61-64H,(H,67,68,69)(H,70,71,72)(H,73,74,75)(H,76,77,78)(H,79,80,81)(H,82,83,84)(H2,51,53,55,57,59)(H2,52,54,56,58,60). The summed E-state index contributed by atoms with van der Waals surface area (Å²) in [5, 5.41) is 5.19. The Bertz CT molecular complexity index is 5370. The van der Waals surface area contributed by atoms with Gasteiger partial charge >= 0.3 is 0 Å². The number of aromatic nitrogens is 6. The van der Waals surface area contributed by atoms with Crippen molar-refractivity contribution in [3.63, 3.8) is 0 Å². The summed E-state index contributed by atoms with van der Waals surface area (Å²) in [7, 11) is -30.9. The van der Waals surface area contributed by atoms with Crippen molar-refractivity contribution < 1.29 is 87.4 Å². The minimum absolute atomic E-state index is 0.0155. The first kappa shape index (κ1) is 64.2. The van der Waals surface area contributed by atoms with Gasteiger partial charge < -0.3 is 21.5 Å². The minimum atomic E-state index is -5.36. The summed E-state index contributed by atoms with van der Waals surface area (Å²) in [6.45, 7) is 0. The molecule has 2 aliphatic carbocycles. The Morgan fingerprint density at radius 3 is 1.33 bits per heavy atom. The molecule has 42 heteroatoms. The van der Waals surface area contributed by atoms with E-state index in [0.29, 0.717) is 35.7 Å². The van der Waals surface area contributed by atoms with Gasteiger partial charge in [-0.15, -0.1) is 0 Å². The SMILES string of the molecule is O=C1c2c(cc(S(=O)(=O)O)cc2N=c2nc(Nc3ccc(Nc4nc(Cl)[nH]c(=Nc5cc(S(=O)(=O)O)cc6c5C(=O)C(NNc5ccc7ccccc7c5S(=O)(=O)O)C(S(=O)(=O)O)=C6)n4)cc3)nc(Cl)[nH]2)C=C(S(=O)(=O)O)C1NNc1ccccc1S(=O)(=O)O. The van der Waals surface area contributed by atoms with Crippen molar-refractivity contribution in [3.05, 3.63) is 163 Å². The second kappa shape index (κ2) is 23.8. The third kappa shape index (κ3) is 14.0. The molecule has 2 unspecified atom stereocenters. The number of carbonyl (C=O) groups is 2. The summed E-state index contributed by atoms with van der Waals surface area (Å²) in [6.07, 6.45) is 1.36. The molecule has 0 fully saturated rings. The van der Waals surface area contributed by atoms with Crippen molar-refractivity contribution in [2.75, 3.05) is 21.5 Å². The zero-order valence-electron chi connectivity index (χ0n) is 44.0. The van der Waals surface area contributed by atoms with Crippen molar-refractivity contribution in [2.24, 2.45) is 9.98 Å². The number of Topliss-reactive ketones (excluding diaryl/α,β-unsaturated/α-hetero) is 2. The Balaban J connectivity index is 0.938. The highest BCUT2D eigenvalue weighted by atomic mass is 35.5. The number of hydrogen-bond donors (Lipinski definition) is 14. The molecule has 2 atom stereocenters. The lowest BCUT2D eigenvalue weighted by Crippen LogP contribution is -2.45. The maximum Gasteiger partial charge on any atom is 0.297 e. The van der Waals surface area contributed by atoms with Gasteiger partial charge in [0.15, 0.2) is 11.6 Å². The molecule has 6 aromatic carbocycles. The van der Waals surface area contributed by atoms with Crippen LogP contribution in [0, 0.1) is 0 Å². The summed E-state index contributed by atoms with van der Waals surface area (Å²) in [4.78, 5) is 53.3. The third-order valence-corrected chi connectivity index (χ3v) is 18.5. The summed E-state index contributed by atoms with van der Waals surface area (Å²) in [6, 6.07) is 17.5. The van der Waals surface area contributed by atoms with Crippen LogP contribution in [0.1, 0.15) is 31.8 Å². The average Bonchev–Trinajstić information content (AvgIpc) is 0.760. The Kier molecular flexibility index (Phi) is 17.0. The topological polar surface area (TPSA) is 540 Å². The smallest absolute Gasteiger partial charge is 0.297 e. The first-order chi connectivity index (χ1) is 42.0. The molecule has 0 radical (unpaired) electrons. The van der Waals surface area contributed by atoms with Crippen LogP contribution < -0.4 is 43.6 Å². The predicted octanol–water partition coefficient (Wildman–Crippen LogP) is 4.14.